The number of rotatable bonds is 7. The molecule has 0 amide bonds. The monoisotopic (exact) mass is 216 g/mol. The number of nitrogens with zero attached hydrogens (tertiary/aromatic N) is 1. The molecule has 0 aliphatic carbocycles. The summed E-state index contributed by atoms with van der Waals surface area (Å²) in [6, 6.07) is 0.670. The highest BCUT2D eigenvalue weighted by molar-refractivity contribution is 7.98. The molecule has 84 valence electrons. The molecule has 3 heteroatoms. The maximum atomic E-state index is 3.56. The Labute approximate surface area is 92.8 Å². The standard InChI is InChI=1S/C11H24N2S/c1-11(10-14-2)12-6-5-9-13-7-3-4-8-13/h11-12H,3-10H2,1-2H3. The van der Waals surface area contributed by atoms with Crippen LogP contribution in [0, 0.1) is 0 Å². The van der Waals surface area contributed by atoms with Crippen molar-refractivity contribution >= 4 is 11.8 Å². The molecule has 0 aromatic heterocycles. The van der Waals surface area contributed by atoms with Crippen molar-refractivity contribution in [2.24, 2.45) is 0 Å². The van der Waals surface area contributed by atoms with E-state index in [-0.39, 0.29) is 0 Å². The van der Waals surface area contributed by atoms with Crippen LogP contribution in [0.25, 0.3) is 0 Å². The molecule has 1 unspecified atom stereocenters. The third-order valence-electron chi connectivity index (χ3n) is 2.76. The topological polar surface area (TPSA) is 15.3 Å². The fraction of sp³-hybridized carbons (Fsp3) is 1.00. The van der Waals surface area contributed by atoms with Gasteiger partial charge >= 0.3 is 0 Å². The Kier molecular flexibility index (Phi) is 6.65. The molecule has 1 atom stereocenters. The average molecular weight is 216 g/mol. The molecule has 0 aromatic rings. The largest absolute Gasteiger partial charge is 0.313 e. The molecule has 1 aliphatic heterocycles. The molecular weight excluding hydrogens is 192 g/mol. The van der Waals surface area contributed by atoms with E-state index in [1.807, 2.05) is 11.8 Å². The van der Waals surface area contributed by atoms with E-state index in [2.05, 4.69) is 23.4 Å². The van der Waals surface area contributed by atoms with Crippen LogP contribution in [0.15, 0.2) is 0 Å². The quantitative estimate of drug-likeness (QED) is 0.654. The summed E-state index contributed by atoms with van der Waals surface area (Å²) in [5, 5.41) is 3.56. The second kappa shape index (κ2) is 7.55. The van der Waals surface area contributed by atoms with Crippen molar-refractivity contribution in [3.05, 3.63) is 0 Å². The van der Waals surface area contributed by atoms with Gasteiger partial charge in [0.2, 0.25) is 0 Å². The van der Waals surface area contributed by atoms with Gasteiger partial charge in [-0.1, -0.05) is 0 Å². The van der Waals surface area contributed by atoms with Gasteiger partial charge in [-0.05, 0) is 58.6 Å². The molecule has 1 fully saturated rings. The van der Waals surface area contributed by atoms with Crippen LogP contribution >= 0.6 is 11.8 Å². The van der Waals surface area contributed by atoms with Gasteiger partial charge in [0.05, 0.1) is 0 Å². The summed E-state index contributed by atoms with van der Waals surface area (Å²) >= 11 is 1.92. The van der Waals surface area contributed by atoms with Crippen molar-refractivity contribution < 1.29 is 0 Å². The highest BCUT2D eigenvalue weighted by Gasteiger charge is 2.10. The van der Waals surface area contributed by atoms with E-state index in [9.17, 15) is 0 Å². The molecule has 0 saturated carbocycles. The van der Waals surface area contributed by atoms with Crippen LogP contribution in [0.3, 0.4) is 0 Å². The summed E-state index contributed by atoms with van der Waals surface area (Å²) < 4.78 is 0. The van der Waals surface area contributed by atoms with Crippen LogP contribution < -0.4 is 5.32 Å². The van der Waals surface area contributed by atoms with Crippen LogP contribution in [0.5, 0.6) is 0 Å². The SMILES string of the molecule is CSCC(C)NCCCN1CCCC1. The Morgan fingerprint density at radius 2 is 2.07 bits per heavy atom. The molecule has 0 aromatic carbocycles. The molecule has 1 aliphatic rings. The molecule has 1 N–H and O–H groups in total. The first-order valence-corrected chi connectivity index (χ1v) is 7.17. The predicted octanol–water partition coefficient (Wildman–Crippen LogP) is 1.81. The van der Waals surface area contributed by atoms with Gasteiger partial charge in [-0.2, -0.15) is 11.8 Å². The summed E-state index contributed by atoms with van der Waals surface area (Å²) in [5.74, 6) is 1.23. The van der Waals surface area contributed by atoms with Crippen LogP contribution in [0.1, 0.15) is 26.2 Å². The van der Waals surface area contributed by atoms with Crippen LogP contribution in [0.4, 0.5) is 0 Å². The van der Waals surface area contributed by atoms with Crippen molar-refractivity contribution in [3.8, 4) is 0 Å². The third-order valence-corrected chi connectivity index (χ3v) is 3.59. The fourth-order valence-corrected chi connectivity index (χ4v) is 2.58. The minimum absolute atomic E-state index is 0.670. The van der Waals surface area contributed by atoms with E-state index in [0.29, 0.717) is 6.04 Å². The first-order valence-electron chi connectivity index (χ1n) is 5.77. The summed E-state index contributed by atoms with van der Waals surface area (Å²) in [7, 11) is 0. The maximum Gasteiger partial charge on any atom is 0.0129 e. The highest BCUT2D eigenvalue weighted by atomic mass is 32.2. The Hall–Kier alpha value is 0.270. The lowest BCUT2D eigenvalue weighted by Gasteiger charge is -2.16. The van der Waals surface area contributed by atoms with Crippen LogP contribution in [-0.2, 0) is 0 Å². The van der Waals surface area contributed by atoms with Crippen LogP contribution in [-0.4, -0.2) is 49.1 Å². The van der Waals surface area contributed by atoms with Gasteiger partial charge in [0.1, 0.15) is 0 Å². The lowest BCUT2D eigenvalue weighted by molar-refractivity contribution is 0.329. The van der Waals surface area contributed by atoms with E-state index < -0.39 is 0 Å². The Bertz CT molecular complexity index is 135. The smallest absolute Gasteiger partial charge is 0.0129 e. The van der Waals surface area contributed by atoms with E-state index >= 15 is 0 Å². The van der Waals surface area contributed by atoms with E-state index in [1.54, 1.807) is 0 Å². The number of nitrogens with one attached hydrogen (secondary N) is 1. The normalized spacial score (nSPS) is 20.1. The van der Waals surface area contributed by atoms with Gasteiger partial charge in [-0.15, -0.1) is 0 Å². The summed E-state index contributed by atoms with van der Waals surface area (Å²) in [6.07, 6.45) is 6.30. The van der Waals surface area contributed by atoms with Crippen LogP contribution in [0.2, 0.25) is 0 Å². The molecule has 1 heterocycles. The second-order valence-corrected chi connectivity index (χ2v) is 5.12. The van der Waals surface area contributed by atoms with E-state index in [1.165, 1.54) is 51.2 Å². The van der Waals surface area contributed by atoms with Crippen molar-refractivity contribution in [3.63, 3.8) is 0 Å². The number of likely N-dealkylation sites (tertiary alicyclic amines) is 1. The first-order chi connectivity index (χ1) is 6.83. The molecule has 0 bridgehead atoms. The maximum absolute atomic E-state index is 3.56. The van der Waals surface area contributed by atoms with E-state index in [4.69, 9.17) is 0 Å². The number of hydrogen-bond donors (Lipinski definition) is 1. The minimum atomic E-state index is 0.670. The van der Waals surface area contributed by atoms with Gasteiger partial charge in [0.15, 0.2) is 0 Å². The zero-order valence-electron chi connectivity index (χ0n) is 9.59. The molecule has 14 heavy (non-hydrogen) atoms. The van der Waals surface area contributed by atoms with Gasteiger partial charge in [-0.3, -0.25) is 0 Å². The summed E-state index contributed by atoms with van der Waals surface area (Å²) in [5.41, 5.74) is 0. The van der Waals surface area contributed by atoms with Gasteiger partial charge in [0, 0.05) is 11.8 Å². The number of hydrogen-bond acceptors (Lipinski definition) is 3. The van der Waals surface area contributed by atoms with Gasteiger partial charge in [-0.25, -0.2) is 0 Å². The van der Waals surface area contributed by atoms with Gasteiger partial charge < -0.3 is 10.2 Å². The van der Waals surface area contributed by atoms with E-state index in [0.717, 1.165) is 0 Å². The van der Waals surface area contributed by atoms with Crippen molar-refractivity contribution in [1.82, 2.24) is 10.2 Å². The first kappa shape index (κ1) is 12.3. The van der Waals surface area contributed by atoms with Crippen molar-refractivity contribution in [1.29, 1.82) is 0 Å². The van der Waals surface area contributed by atoms with Crippen molar-refractivity contribution in [2.75, 3.05) is 38.2 Å². The lowest BCUT2D eigenvalue weighted by atomic mass is 10.3. The zero-order chi connectivity index (χ0) is 10.2. The third kappa shape index (κ3) is 5.23. The highest BCUT2D eigenvalue weighted by Crippen LogP contribution is 2.07. The molecular formula is C11H24N2S. The fourth-order valence-electron chi connectivity index (χ4n) is 1.97. The Morgan fingerprint density at radius 3 is 2.71 bits per heavy atom. The molecule has 1 rings (SSSR count). The molecule has 2 nitrogen and oxygen atoms in total. The Morgan fingerprint density at radius 1 is 1.36 bits per heavy atom. The molecule has 0 spiro atoms. The molecule has 1 saturated heterocycles. The zero-order valence-corrected chi connectivity index (χ0v) is 10.4. The predicted molar refractivity (Wildman–Crippen MR) is 66.1 cm³/mol. The minimum Gasteiger partial charge on any atom is -0.313 e. The van der Waals surface area contributed by atoms with Gasteiger partial charge in [0.25, 0.3) is 0 Å². The van der Waals surface area contributed by atoms with Crippen molar-refractivity contribution in [2.45, 2.75) is 32.2 Å². The average Bonchev–Trinajstić information content (AvgIpc) is 2.65. The number of thioether (sulfide) groups is 1. The lowest BCUT2D eigenvalue weighted by Crippen LogP contribution is -2.31. The summed E-state index contributed by atoms with van der Waals surface area (Å²) in [6.45, 7) is 7.41. The Balaban J connectivity index is 1.88. The summed E-state index contributed by atoms with van der Waals surface area (Å²) in [4.78, 5) is 2.58. The molecule has 0 radical (unpaired) electrons. The second-order valence-electron chi connectivity index (χ2n) is 4.21.